The molecule has 0 N–H and O–H groups in total. The number of non-ortho nitro benzene ring substituents is 1. The van der Waals surface area contributed by atoms with E-state index in [-0.39, 0.29) is 17.2 Å². The van der Waals surface area contributed by atoms with Crippen molar-refractivity contribution < 1.29 is 14.5 Å². The fourth-order valence-electron chi connectivity index (χ4n) is 1.84. The number of nitrogens with zero attached hydrogens (tertiary/aromatic N) is 2. The second-order valence-corrected chi connectivity index (χ2v) is 5.99. The molecule has 0 saturated carbocycles. The molecule has 0 spiro atoms. The van der Waals surface area contributed by atoms with Gasteiger partial charge in [0, 0.05) is 30.8 Å². The van der Waals surface area contributed by atoms with E-state index in [9.17, 15) is 14.9 Å². The fourth-order valence-corrected chi connectivity index (χ4v) is 2.99. The highest BCUT2D eigenvalue weighted by Gasteiger charge is 2.17. The molecule has 1 saturated heterocycles. The monoisotopic (exact) mass is 326 g/mol. The van der Waals surface area contributed by atoms with Gasteiger partial charge in [-0.25, -0.2) is 0 Å². The number of thioether (sulfide) groups is 1. The smallest absolute Gasteiger partial charge is 0.270 e. The summed E-state index contributed by atoms with van der Waals surface area (Å²) in [5.74, 6) is 0.0106. The third-order valence-corrected chi connectivity index (χ3v) is 4.50. The van der Waals surface area contributed by atoms with E-state index in [0.29, 0.717) is 23.1 Å². The van der Waals surface area contributed by atoms with E-state index in [0.717, 1.165) is 13.1 Å². The Morgan fingerprint density at radius 3 is 2.81 bits per heavy atom. The number of ether oxygens (including phenoxy) is 1. The average molecular weight is 326 g/mol. The number of hydrogen-bond donors (Lipinski definition) is 0. The van der Waals surface area contributed by atoms with Crippen molar-refractivity contribution in [3.63, 3.8) is 0 Å². The zero-order valence-electron chi connectivity index (χ0n) is 11.2. The van der Waals surface area contributed by atoms with Gasteiger partial charge >= 0.3 is 0 Å². The summed E-state index contributed by atoms with van der Waals surface area (Å²) in [7, 11) is 0. The number of benzene rings is 1. The molecule has 0 aliphatic carbocycles. The first kappa shape index (κ1) is 15.9. The summed E-state index contributed by atoms with van der Waals surface area (Å²) in [6.07, 6.45) is 0. The lowest BCUT2D eigenvalue weighted by atomic mass is 10.1. The van der Waals surface area contributed by atoms with Crippen LogP contribution in [0, 0.1) is 10.1 Å². The molecule has 1 aromatic carbocycles. The molecular weight excluding hydrogens is 312 g/mol. The van der Waals surface area contributed by atoms with Gasteiger partial charge in [-0.3, -0.25) is 14.9 Å². The molecule has 0 bridgehead atoms. The molecule has 1 heterocycles. The first-order valence-electron chi connectivity index (χ1n) is 6.35. The Kier molecular flexibility index (Phi) is 5.66. The molecule has 0 amide bonds. The summed E-state index contributed by atoms with van der Waals surface area (Å²) in [5, 5.41) is 10.7. The normalized spacial score (nSPS) is 14.8. The molecule has 8 heteroatoms. The van der Waals surface area contributed by atoms with Crippen molar-refractivity contribution in [2.45, 2.75) is 0 Å². The molecule has 0 unspecified atom stereocenters. The SMILES string of the molecule is O=C(CSC(=S)N1CCOCC1)c1cccc([N+](=O)[O-])c1. The molecule has 2 rings (SSSR count). The largest absolute Gasteiger partial charge is 0.378 e. The maximum Gasteiger partial charge on any atom is 0.270 e. The van der Waals surface area contributed by atoms with Crippen LogP contribution in [0.5, 0.6) is 0 Å². The Labute approximate surface area is 131 Å². The van der Waals surface area contributed by atoms with Crippen molar-refractivity contribution in [1.82, 2.24) is 4.90 Å². The minimum Gasteiger partial charge on any atom is -0.378 e. The highest BCUT2D eigenvalue weighted by molar-refractivity contribution is 8.23. The van der Waals surface area contributed by atoms with Crippen LogP contribution in [0.2, 0.25) is 0 Å². The number of morpholine rings is 1. The Morgan fingerprint density at radius 2 is 2.14 bits per heavy atom. The van der Waals surface area contributed by atoms with Crippen LogP contribution in [0.4, 0.5) is 5.69 Å². The zero-order chi connectivity index (χ0) is 15.2. The molecular formula is C13H14N2O4S2. The van der Waals surface area contributed by atoms with E-state index in [4.69, 9.17) is 17.0 Å². The van der Waals surface area contributed by atoms with Gasteiger partial charge in [0.25, 0.3) is 5.69 Å². The summed E-state index contributed by atoms with van der Waals surface area (Å²) in [6.45, 7) is 2.74. The number of hydrogen-bond acceptors (Lipinski definition) is 6. The number of carbonyl (C=O) groups is 1. The predicted octanol–water partition coefficient (Wildman–Crippen LogP) is 2.13. The lowest BCUT2D eigenvalue weighted by molar-refractivity contribution is -0.384. The quantitative estimate of drug-likeness (QED) is 0.363. The van der Waals surface area contributed by atoms with Gasteiger partial charge in [-0.1, -0.05) is 36.1 Å². The maximum atomic E-state index is 12.1. The summed E-state index contributed by atoms with van der Waals surface area (Å²) in [5.41, 5.74) is 0.253. The van der Waals surface area contributed by atoms with Gasteiger partial charge in [-0.15, -0.1) is 0 Å². The molecule has 112 valence electrons. The van der Waals surface area contributed by atoms with Gasteiger partial charge in [0.2, 0.25) is 0 Å². The Bertz CT molecular complexity index is 559. The lowest BCUT2D eigenvalue weighted by Gasteiger charge is -2.28. The van der Waals surface area contributed by atoms with Crippen LogP contribution in [-0.4, -0.2) is 52.0 Å². The highest BCUT2D eigenvalue weighted by Crippen LogP contribution is 2.17. The zero-order valence-corrected chi connectivity index (χ0v) is 12.8. The topological polar surface area (TPSA) is 72.7 Å². The highest BCUT2D eigenvalue weighted by atomic mass is 32.2. The number of thiocarbonyl (C=S) groups is 1. The second-order valence-electron chi connectivity index (χ2n) is 4.38. The number of ketones is 1. The predicted molar refractivity (Wildman–Crippen MR) is 84.9 cm³/mol. The van der Waals surface area contributed by atoms with Crippen molar-refractivity contribution in [2.24, 2.45) is 0 Å². The van der Waals surface area contributed by atoms with Crippen LogP contribution >= 0.6 is 24.0 Å². The van der Waals surface area contributed by atoms with Crippen molar-refractivity contribution in [1.29, 1.82) is 0 Å². The van der Waals surface area contributed by atoms with Crippen molar-refractivity contribution in [2.75, 3.05) is 32.1 Å². The molecule has 1 aliphatic rings. The first-order valence-corrected chi connectivity index (χ1v) is 7.74. The van der Waals surface area contributed by atoms with Gasteiger partial charge < -0.3 is 9.64 Å². The standard InChI is InChI=1S/C13H14N2O4S2/c16-12(10-2-1-3-11(8-10)15(17)18)9-21-13(20)14-4-6-19-7-5-14/h1-3,8H,4-7,9H2. The minimum atomic E-state index is -0.512. The molecule has 6 nitrogen and oxygen atoms in total. The number of nitro benzene ring substituents is 1. The van der Waals surface area contributed by atoms with E-state index in [1.165, 1.54) is 30.0 Å². The van der Waals surface area contributed by atoms with E-state index in [1.54, 1.807) is 6.07 Å². The van der Waals surface area contributed by atoms with Gasteiger partial charge in [0.1, 0.15) is 4.32 Å². The number of nitro groups is 1. The molecule has 1 aromatic rings. The van der Waals surface area contributed by atoms with E-state index in [2.05, 4.69) is 0 Å². The first-order chi connectivity index (χ1) is 10.1. The van der Waals surface area contributed by atoms with Crippen LogP contribution in [0.25, 0.3) is 0 Å². The van der Waals surface area contributed by atoms with Crippen LogP contribution in [0.1, 0.15) is 10.4 Å². The Hall–Kier alpha value is -1.51. The molecule has 1 aliphatic heterocycles. The van der Waals surface area contributed by atoms with Gasteiger partial charge in [0.05, 0.1) is 23.9 Å². The second kappa shape index (κ2) is 7.48. The van der Waals surface area contributed by atoms with Crippen LogP contribution in [-0.2, 0) is 4.74 Å². The van der Waals surface area contributed by atoms with E-state index >= 15 is 0 Å². The minimum absolute atomic E-state index is 0.0818. The third-order valence-electron chi connectivity index (χ3n) is 2.97. The summed E-state index contributed by atoms with van der Waals surface area (Å²) in [4.78, 5) is 24.3. The van der Waals surface area contributed by atoms with Crippen molar-refractivity contribution in [3.05, 3.63) is 39.9 Å². The Balaban J connectivity index is 1.90. The van der Waals surface area contributed by atoms with E-state index in [1.807, 2.05) is 4.90 Å². The maximum absolute atomic E-state index is 12.1. The summed E-state index contributed by atoms with van der Waals surface area (Å²) < 4.78 is 5.90. The molecule has 1 fully saturated rings. The van der Waals surface area contributed by atoms with E-state index < -0.39 is 4.92 Å². The summed E-state index contributed by atoms with van der Waals surface area (Å²) >= 11 is 6.57. The van der Waals surface area contributed by atoms with Gasteiger partial charge in [0.15, 0.2) is 5.78 Å². The lowest BCUT2D eigenvalue weighted by Crippen LogP contribution is -2.38. The van der Waals surface area contributed by atoms with Crippen LogP contribution in [0.15, 0.2) is 24.3 Å². The van der Waals surface area contributed by atoms with Crippen LogP contribution in [0.3, 0.4) is 0 Å². The van der Waals surface area contributed by atoms with Gasteiger partial charge in [-0.2, -0.15) is 0 Å². The molecule has 0 aromatic heterocycles. The fraction of sp³-hybridized carbons (Fsp3) is 0.385. The molecule has 0 radical (unpaired) electrons. The Morgan fingerprint density at radius 1 is 1.43 bits per heavy atom. The van der Waals surface area contributed by atoms with Gasteiger partial charge in [-0.05, 0) is 0 Å². The number of Topliss-reactive ketones (excluding diaryl/α,β-unsaturated/α-hetero) is 1. The summed E-state index contributed by atoms with van der Waals surface area (Å²) in [6, 6.07) is 5.74. The average Bonchev–Trinajstić information content (AvgIpc) is 2.53. The third kappa shape index (κ3) is 4.48. The van der Waals surface area contributed by atoms with Crippen molar-refractivity contribution in [3.8, 4) is 0 Å². The van der Waals surface area contributed by atoms with Crippen LogP contribution < -0.4 is 0 Å². The number of rotatable bonds is 4. The molecule has 0 atom stereocenters. The number of carbonyl (C=O) groups excluding carboxylic acids is 1. The van der Waals surface area contributed by atoms with Crippen molar-refractivity contribution >= 4 is 39.8 Å². The molecule has 21 heavy (non-hydrogen) atoms.